The highest BCUT2D eigenvalue weighted by Crippen LogP contribution is 2.15. The Balaban J connectivity index is 1.58. The van der Waals surface area contributed by atoms with Crippen molar-refractivity contribution in [2.45, 2.75) is 20.3 Å². The summed E-state index contributed by atoms with van der Waals surface area (Å²) in [5, 5.41) is 5.63. The van der Waals surface area contributed by atoms with Gasteiger partial charge in [-0.1, -0.05) is 36.4 Å². The average Bonchev–Trinajstić information content (AvgIpc) is 2.56. The lowest BCUT2D eigenvalue weighted by atomic mass is 10.1. The van der Waals surface area contributed by atoms with Gasteiger partial charge in [0, 0.05) is 6.54 Å². The highest BCUT2D eigenvalue weighted by Gasteiger charge is 2.01. The molecule has 0 radical (unpaired) electrons. The van der Waals surface area contributed by atoms with E-state index in [-0.39, 0.29) is 6.03 Å². The fraction of sp³-hybridized carbons (Fsp3) is 0.316. The first kappa shape index (κ1) is 16.9. The van der Waals surface area contributed by atoms with Crippen molar-refractivity contribution in [2.24, 2.45) is 0 Å². The molecule has 2 N–H and O–H groups in total. The van der Waals surface area contributed by atoms with Crippen LogP contribution >= 0.6 is 0 Å². The normalized spacial score (nSPS) is 10.2. The Labute approximate surface area is 137 Å². The molecule has 0 bridgehead atoms. The fourth-order valence-electron chi connectivity index (χ4n) is 2.16. The van der Waals surface area contributed by atoms with E-state index in [1.165, 1.54) is 16.7 Å². The molecule has 2 aromatic carbocycles. The van der Waals surface area contributed by atoms with Crippen LogP contribution in [0.1, 0.15) is 16.7 Å². The summed E-state index contributed by atoms with van der Waals surface area (Å²) in [7, 11) is 0. The SMILES string of the molecule is Cc1ccc(OCCNC(=O)NCCc2ccccc2)cc1C. The maximum Gasteiger partial charge on any atom is 0.314 e. The van der Waals surface area contributed by atoms with Crippen LogP contribution in [0.4, 0.5) is 4.79 Å². The molecule has 0 aliphatic carbocycles. The van der Waals surface area contributed by atoms with Gasteiger partial charge in [0.05, 0.1) is 6.54 Å². The number of rotatable bonds is 7. The molecule has 0 aliphatic rings. The number of carbonyl (C=O) groups is 1. The van der Waals surface area contributed by atoms with Gasteiger partial charge in [0.2, 0.25) is 0 Å². The molecule has 0 saturated carbocycles. The van der Waals surface area contributed by atoms with Crippen LogP contribution in [0.3, 0.4) is 0 Å². The van der Waals surface area contributed by atoms with E-state index in [2.05, 4.69) is 36.6 Å². The standard InChI is InChI=1S/C19H24N2O2/c1-15-8-9-18(14-16(15)2)23-13-12-21-19(22)20-11-10-17-6-4-3-5-7-17/h3-9,14H,10-13H2,1-2H3,(H2,20,21,22). The average molecular weight is 312 g/mol. The maximum atomic E-state index is 11.7. The molecule has 23 heavy (non-hydrogen) atoms. The molecular weight excluding hydrogens is 288 g/mol. The molecule has 0 saturated heterocycles. The van der Waals surface area contributed by atoms with Gasteiger partial charge in [0.15, 0.2) is 0 Å². The summed E-state index contributed by atoms with van der Waals surface area (Å²) in [6.45, 7) is 5.67. The molecule has 0 aromatic heterocycles. The maximum absolute atomic E-state index is 11.7. The van der Waals surface area contributed by atoms with Crippen molar-refractivity contribution in [1.29, 1.82) is 0 Å². The van der Waals surface area contributed by atoms with Crippen LogP contribution in [0.25, 0.3) is 0 Å². The number of nitrogens with one attached hydrogen (secondary N) is 2. The summed E-state index contributed by atoms with van der Waals surface area (Å²) >= 11 is 0. The Morgan fingerprint density at radius 2 is 1.70 bits per heavy atom. The van der Waals surface area contributed by atoms with Crippen LogP contribution in [0.15, 0.2) is 48.5 Å². The lowest BCUT2D eigenvalue weighted by Gasteiger charge is -2.10. The Morgan fingerprint density at radius 1 is 0.957 bits per heavy atom. The van der Waals surface area contributed by atoms with Gasteiger partial charge < -0.3 is 15.4 Å². The quantitative estimate of drug-likeness (QED) is 0.771. The zero-order valence-corrected chi connectivity index (χ0v) is 13.8. The monoisotopic (exact) mass is 312 g/mol. The minimum atomic E-state index is -0.162. The van der Waals surface area contributed by atoms with Gasteiger partial charge >= 0.3 is 6.03 Å². The van der Waals surface area contributed by atoms with Crippen molar-refractivity contribution in [3.05, 3.63) is 65.2 Å². The van der Waals surface area contributed by atoms with Crippen LogP contribution in [0.2, 0.25) is 0 Å². The molecular formula is C19H24N2O2. The van der Waals surface area contributed by atoms with E-state index in [0.29, 0.717) is 19.7 Å². The van der Waals surface area contributed by atoms with E-state index >= 15 is 0 Å². The predicted octanol–water partition coefficient (Wildman–Crippen LogP) is 3.22. The summed E-state index contributed by atoms with van der Waals surface area (Å²) in [6, 6.07) is 15.9. The molecule has 0 aliphatic heterocycles. The second-order valence-corrected chi connectivity index (χ2v) is 5.51. The van der Waals surface area contributed by atoms with Crippen LogP contribution in [-0.2, 0) is 6.42 Å². The van der Waals surface area contributed by atoms with E-state index in [1.807, 2.05) is 36.4 Å². The van der Waals surface area contributed by atoms with Gasteiger partial charge in [-0.15, -0.1) is 0 Å². The Bertz CT molecular complexity index is 627. The molecule has 2 aromatic rings. The second kappa shape index (κ2) is 8.83. The summed E-state index contributed by atoms with van der Waals surface area (Å²) < 4.78 is 5.62. The number of hydrogen-bond donors (Lipinski definition) is 2. The Kier molecular flexibility index (Phi) is 6.48. The summed E-state index contributed by atoms with van der Waals surface area (Å²) in [5.41, 5.74) is 3.66. The van der Waals surface area contributed by atoms with Crippen molar-refractivity contribution in [3.8, 4) is 5.75 Å². The highest BCUT2D eigenvalue weighted by molar-refractivity contribution is 5.73. The van der Waals surface area contributed by atoms with Gasteiger partial charge in [-0.25, -0.2) is 4.79 Å². The van der Waals surface area contributed by atoms with E-state index in [4.69, 9.17) is 4.74 Å². The van der Waals surface area contributed by atoms with Gasteiger partial charge in [-0.2, -0.15) is 0 Å². The zero-order chi connectivity index (χ0) is 16.5. The third-order valence-electron chi connectivity index (χ3n) is 3.68. The van der Waals surface area contributed by atoms with Gasteiger partial charge in [0.25, 0.3) is 0 Å². The molecule has 0 heterocycles. The third kappa shape index (κ3) is 6.02. The molecule has 0 fully saturated rings. The molecule has 0 atom stereocenters. The molecule has 4 nitrogen and oxygen atoms in total. The summed E-state index contributed by atoms with van der Waals surface area (Å²) in [5.74, 6) is 0.833. The first-order chi connectivity index (χ1) is 11.1. The van der Waals surface area contributed by atoms with Crippen molar-refractivity contribution in [2.75, 3.05) is 19.7 Å². The first-order valence-electron chi connectivity index (χ1n) is 7.91. The van der Waals surface area contributed by atoms with Crippen LogP contribution in [-0.4, -0.2) is 25.7 Å². The summed E-state index contributed by atoms with van der Waals surface area (Å²) in [4.78, 5) is 11.7. The third-order valence-corrected chi connectivity index (χ3v) is 3.68. The smallest absolute Gasteiger partial charge is 0.314 e. The predicted molar refractivity (Wildman–Crippen MR) is 93.0 cm³/mol. The number of urea groups is 1. The van der Waals surface area contributed by atoms with Crippen LogP contribution < -0.4 is 15.4 Å². The molecule has 0 spiro atoms. The van der Waals surface area contributed by atoms with Crippen LogP contribution in [0.5, 0.6) is 5.75 Å². The summed E-state index contributed by atoms with van der Waals surface area (Å²) in [6.07, 6.45) is 0.827. The van der Waals surface area contributed by atoms with Gasteiger partial charge in [-0.3, -0.25) is 0 Å². The number of ether oxygens (including phenoxy) is 1. The topological polar surface area (TPSA) is 50.4 Å². The fourth-order valence-corrected chi connectivity index (χ4v) is 2.16. The van der Waals surface area contributed by atoms with Gasteiger partial charge in [-0.05, 0) is 49.1 Å². The van der Waals surface area contributed by atoms with E-state index < -0.39 is 0 Å². The van der Waals surface area contributed by atoms with E-state index in [0.717, 1.165) is 12.2 Å². The van der Waals surface area contributed by atoms with Crippen LogP contribution in [0, 0.1) is 13.8 Å². The van der Waals surface area contributed by atoms with Crippen molar-refractivity contribution in [3.63, 3.8) is 0 Å². The molecule has 122 valence electrons. The largest absolute Gasteiger partial charge is 0.492 e. The molecule has 0 unspecified atom stereocenters. The van der Waals surface area contributed by atoms with Crippen molar-refractivity contribution < 1.29 is 9.53 Å². The Morgan fingerprint density at radius 3 is 2.43 bits per heavy atom. The van der Waals surface area contributed by atoms with E-state index in [1.54, 1.807) is 0 Å². The second-order valence-electron chi connectivity index (χ2n) is 5.51. The number of hydrogen-bond acceptors (Lipinski definition) is 2. The Hall–Kier alpha value is -2.49. The number of amides is 2. The van der Waals surface area contributed by atoms with Crippen molar-refractivity contribution in [1.82, 2.24) is 10.6 Å². The van der Waals surface area contributed by atoms with Gasteiger partial charge in [0.1, 0.15) is 12.4 Å². The highest BCUT2D eigenvalue weighted by atomic mass is 16.5. The zero-order valence-electron chi connectivity index (χ0n) is 13.8. The first-order valence-corrected chi connectivity index (χ1v) is 7.91. The lowest BCUT2D eigenvalue weighted by Crippen LogP contribution is -2.38. The lowest BCUT2D eigenvalue weighted by molar-refractivity contribution is 0.236. The molecule has 2 rings (SSSR count). The number of carbonyl (C=O) groups excluding carboxylic acids is 1. The minimum absolute atomic E-state index is 0.162. The molecule has 4 heteroatoms. The minimum Gasteiger partial charge on any atom is -0.492 e. The van der Waals surface area contributed by atoms with E-state index in [9.17, 15) is 4.79 Å². The number of benzene rings is 2. The molecule has 2 amide bonds. The number of aryl methyl sites for hydroxylation is 2. The van der Waals surface area contributed by atoms with Crippen molar-refractivity contribution >= 4 is 6.03 Å².